The number of aromatic nitrogens is 2. The summed E-state index contributed by atoms with van der Waals surface area (Å²) in [5, 5.41) is 5.96. The molecule has 25 heavy (non-hydrogen) atoms. The number of amides is 2. The summed E-state index contributed by atoms with van der Waals surface area (Å²) in [6.45, 7) is 1.58. The van der Waals surface area contributed by atoms with Crippen LogP contribution >= 0.6 is 0 Å². The van der Waals surface area contributed by atoms with Crippen molar-refractivity contribution in [3.8, 4) is 0 Å². The topological polar surface area (TPSA) is 86.4 Å². The third-order valence-electron chi connectivity index (χ3n) is 4.06. The Labute approximate surface area is 143 Å². The molecule has 2 amide bonds. The van der Waals surface area contributed by atoms with Gasteiger partial charge in [-0.2, -0.15) is 5.10 Å². The Balaban J connectivity index is 1.56. The predicted octanol–water partition coefficient (Wildman–Crippen LogP) is 0.436. The van der Waals surface area contributed by atoms with Gasteiger partial charge in [-0.3, -0.25) is 14.4 Å². The Hall–Kier alpha value is -3.03. The van der Waals surface area contributed by atoms with E-state index in [9.17, 15) is 18.8 Å². The number of nitrogens with zero attached hydrogens (tertiary/aromatic N) is 3. The molecular formula is C17H17FN4O3. The summed E-state index contributed by atoms with van der Waals surface area (Å²) in [6, 6.07) is 8.60. The van der Waals surface area contributed by atoms with Crippen molar-refractivity contribution in [1.29, 1.82) is 0 Å². The number of aromatic amines is 1. The van der Waals surface area contributed by atoms with Gasteiger partial charge in [0.15, 0.2) is 0 Å². The molecule has 0 saturated carbocycles. The van der Waals surface area contributed by atoms with E-state index in [0.717, 1.165) is 0 Å². The summed E-state index contributed by atoms with van der Waals surface area (Å²) < 4.78 is 13.2. The second kappa shape index (κ2) is 7.25. The molecule has 8 heteroatoms. The molecule has 0 unspecified atom stereocenters. The Bertz CT molecular complexity index is 823. The largest absolute Gasteiger partial charge is 0.339 e. The second-order valence-corrected chi connectivity index (χ2v) is 5.79. The SMILES string of the molecule is O=C(Cc1cccc(F)c1)N1CCN(C(=O)c2ccc(=O)[nH]n2)CC1. The molecule has 0 radical (unpaired) electrons. The van der Waals surface area contributed by atoms with Crippen molar-refractivity contribution in [1.82, 2.24) is 20.0 Å². The number of hydrogen-bond donors (Lipinski definition) is 1. The number of carbonyl (C=O) groups excluding carboxylic acids is 2. The van der Waals surface area contributed by atoms with Crippen LogP contribution in [0.2, 0.25) is 0 Å². The maximum atomic E-state index is 13.2. The molecule has 1 aliphatic rings. The molecule has 1 fully saturated rings. The zero-order valence-corrected chi connectivity index (χ0v) is 13.4. The fourth-order valence-corrected chi connectivity index (χ4v) is 2.72. The van der Waals surface area contributed by atoms with E-state index in [1.807, 2.05) is 0 Å². The molecule has 1 aliphatic heterocycles. The van der Waals surface area contributed by atoms with Crippen molar-refractivity contribution < 1.29 is 14.0 Å². The lowest BCUT2D eigenvalue weighted by molar-refractivity contribution is -0.131. The summed E-state index contributed by atoms with van der Waals surface area (Å²) in [6.07, 6.45) is 0.132. The normalized spacial score (nSPS) is 14.4. The quantitative estimate of drug-likeness (QED) is 0.875. The van der Waals surface area contributed by atoms with Gasteiger partial charge in [-0.25, -0.2) is 9.49 Å². The molecule has 0 bridgehead atoms. The van der Waals surface area contributed by atoms with E-state index >= 15 is 0 Å². The van der Waals surface area contributed by atoms with Gasteiger partial charge in [0, 0.05) is 32.2 Å². The lowest BCUT2D eigenvalue weighted by Gasteiger charge is -2.34. The number of carbonyl (C=O) groups is 2. The first-order chi connectivity index (χ1) is 12.0. The van der Waals surface area contributed by atoms with Crippen LogP contribution in [-0.4, -0.2) is 58.0 Å². The fourth-order valence-electron chi connectivity index (χ4n) is 2.72. The Morgan fingerprint density at radius 1 is 1.08 bits per heavy atom. The maximum absolute atomic E-state index is 13.2. The number of halogens is 1. The van der Waals surface area contributed by atoms with E-state index in [2.05, 4.69) is 10.2 Å². The van der Waals surface area contributed by atoms with E-state index in [-0.39, 0.29) is 35.3 Å². The molecule has 1 aromatic heterocycles. The van der Waals surface area contributed by atoms with Gasteiger partial charge in [-0.15, -0.1) is 0 Å². The third kappa shape index (κ3) is 4.09. The van der Waals surface area contributed by atoms with E-state index in [1.54, 1.807) is 21.9 Å². The first-order valence-corrected chi connectivity index (χ1v) is 7.90. The average molecular weight is 344 g/mol. The zero-order chi connectivity index (χ0) is 17.8. The number of hydrogen-bond acceptors (Lipinski definition) is 4. The van der Waals surface area contributed by atoms with Crippen LogP contribution in [-0.2, 0) is 11.2 Å². The number of H-pyrrole nitrogens is 1. The van der Waals surface area contributed by atoms with Gasteiger partial charge in [0.1, 0.15) is 11.5 Å². The predicted molar refractivity (Wildman–Crippen MR) is 87.4 cm³/mol. The van der Waals surface area contributed by atoms with Crippen LogP contribution in [0.3, 0.4) is 0 Å². The fraction of sp³-hybridized carbons (Fsp3) is 0.294. The average Bonchev–Trinajstić information content (AvgIpc) is 2.62. The van der Waals surface area contributed by atoms with Gasteiger partial charge >= 0.3 is 0 Å². The Morgan fingerprint density at radius 3 is 2.44 bits per heavy atom. The Kier molecular flexibility index (Phi) is 4.87. The minimum atomic E-state index is -0.371. The van der Waals surface area contributed by atoms with Crippen LogP contribution in [0, 0.1) is 5.82 Å². The van der Waals surface area contributed by atoms with Crippen molar-refractivity contribution in [2.75, 3.05) is 26.2 Å². The highest BCUT2D eigenvalue weighted by Crippen LogP contribution is 2.10. The molecular weight excluding hydrogens is 327 g/mol. The summed E-state index contributed by atoms with van der Waals surface area (Å²) in [7, 11) is 0. The van der Waals surface area contributed by atoms with Crippen LogP contribution in [0.1, 0.15) is 16.1 Å². The zero-order valence-electron chi connectivity index (χ0n) is 13.4. The lowest BCUT2D eigenvalue weighted by Crippen LogP contribution is -2.51. The van der Waals surface area contributed by atoms with Crippen LogP contribution in [0.15, 0.2) is 41.2 Å². The second-order valence-electron chi connectivity index (χ2n) is 5.79. The highest BCUT2D eigenvalue weighted by Gasteiger charge is 2.25. The number of rotatable bonds is 3. The van der Waals surface area contributed by atoms with E-state index in [0.29, 0.717) is 31.7 Å². The van der Waals surface area contributed by atoms with Crippen molar-refractivity contribution >= 4 is 11.8 Å². The molecule has 1 aromatic carbocycles. The lowest BCUT2D eigenvalue weighted by atomic mass is 10.1. The Morgan fingerprint density at radius 2 is 1.80 bits per heavy atom. The highest BCUT2D eigenvalue weighted by atomic mass is 19.1. The van der Waals surface area contributed by atoms with Gasteiger partial charge in [0.25, 0.3) is 11.5 Å². The monoisotopic (exact) mass is 344 g/mol. The van der Waals surface area contributed by atoms with E-state index in [4.69, 9.17) is 0 Å². The van der Waals surface area contributed by atoms with Gasteiger partial charge in [0.05, 0.1) is 6.42 Å². The molecule has 2 aromatic rings. The van der Waals surface area contributed by atoms with Gasteiger partial charge in [-0.1, -0.05) is 12.1 Å². The number of nitrogens with one attached hydrogen (secondary N) is 1. The first kappa shape index (κ1) is 16.8. The van der Waals surface area contributed by atoms with Crippen molar-refractivity contribution in [2.45, 2.75) is 6.42 Å². The number of piperazine rings is 1. The van der Waals surface area contributed by atoms with Crippen LogP contribution < -0.4 is 5.56 Å². The molecule has 3 rings (SSSR count). The standard InChI is InChI=1S/C17H17FN4O3/c18-13-3-1-2-12(10-13)11-16(24)21-6-8-22(9-7-21)17(25)14-4-5-15(23)20-19-14/h1-5,10H,6-9,11H2,(H,20,23). The van der Waals surface area contributed by atoms with Crippen LogP contribution in [0.5, 0.6) is 0 Å². The van der Waals surface area contributed by atoms with E-state index < -0.39 is 0 Å². The maximum Gasteiger partial charge on any atom is 0.274 e. The van der Waals surface area contributed by atoms with Crippen LogP contribution in [0.4, 0.5) is 4.39 Å². The van der Waals surface area contributed by atoms with E-state index in [1.165, 1.54) is 24.3 Å². The van der Waals surface area contributed by atoms with Gasteiger partial charge in [-0.05, 0) is 23.8 Å². The number of benzene rings is 1. The minimum absolute atomic E-state index is 0.0973. The van der Waals surface area contributed by atoms with Crippen LogP contribution in [0.25, 0.3) is 0 Å². The van der Waals surface area contributed by atoms with Gasteiger partial charge < -0.3 is 9.80 Å². The summed E-state index contributed by atoms with van der Waals surface area (Å²) in [4.78, 5) is 38.9. The molecule has 7 nitrogen and oxygen atoms in total. The van der Waals surface area contributed by atoms with Gasteiger partial charge in [0.2, 0.25) is 5.91 Å². The summed E-state index contributed by atoms with van der Waals surface area (Å²) in [5.74, 6) is -0.748. The first-order valence-electron chi connectivity index (χ1n) is 7.90. The molecule has 0 spiro atoms. The summed E-state index contributed by atoms with van der Waals surface area (Å²) >= 11 is 0. The molecule has 130 valence electrons. The molecule has 0 atom stereocenters. The molecule has 1 N–H and O–H groups in total. The molecule has 1 saturated heterocycles. The summed E-state index contributed by atoms with van der Waals surface area (Å²) in [5.41, 5.74) is 0.421. The van der Waals surface area contributed by atoms with Crippen molar-refractivity contribution in [3.63, 3.8) is 0 Å². The minimum Gasteiger partial charge on any atom is -0.339 e. The molecule has 2 heterocycles. The van der Waals surface area contributed by atoms with Crippen molar-refractivity contribution in [3.05, 3.63) is 63.8 Å². The highest BCUT2D eigenvalue weighted by molar-refractivity contribution is 5.92. The molecule has 0 aliphatic carbocycles. The third-order valence-corrected chi connectivity index (χ3v) is 4.06. The van der Waals surface area contributed by atoms with Crippen molar-refractivity contribution in [2.24, 2.45) is 0 Å². The smallest absolute Gasteiger partial charge is 0.274 e.